The molecule has 0 radical (unpaired) electrons. The Bertz CT molecular complexity index is 1510. The number of carbonyl (C=O) groups excluding carboxylic acids is 2. The highest BCUT2D eigenvalue weighted by molar-refractivity contribution is 7.45. The van der Waals surface area contributed by atoms with E-state index in [9.17, 15) is 19.0 Å². The highest BCUT2D eigenvalue weighted by atomic mass is 31.2. The Balaban J connectivity index is 5.18. The van der Waals surface area contributed by atoms with Crippen molar-refractivity contribution in [3.63, 3.8) is 0 Å². The average molecular weight is 1070 g/mol. The van der Waals surface area contributed by atoms with Crippen LogP contribution in [0.3, 0.4) is 0 Å². The van der Waals surface area contributed by atoms with Crippen molar-refractivity contribution < 1.29 is 37.3 Å². The van der Waals surface area contributed by atoms with Gasteiger partial charge in [-0.25, -0.2) is 0 Å². The number of likely N-dealkylation sites (N-methyl/N-ethyl adjacent to an activating group) is 1. The molecule has 3 unspecified atom stereocenters. The number of amides is 1. The van der Waals surface area contributed by atoms with Gasteiger partial charge in [0.2, 0.25) is 5.91 Å². The summed E-state index contributed by atoms with van der Waals surface area (Å²) in [6, 6.07) is -0.902. The van der Waals surface area contributed by atoms with Crippen LogP contribution < -0.4 is 10.2 Å². The number of hydrogen-bond acceptors (Lipinski definition) is 7. The maximum absolute atomic E-state index is 13.5. The molecule has 0 aliphatic heterocycles. The van der Waals surface area contributed by atoms with Gasteiger partial charge in [-0.2, -0.15) is 0 Å². The highest BCUT2D eigenvalue weighted by Gasteiger charge is 2.27. The molecule has 10 heteroatoms. The summed E-state index contributed by atoms with van der Waals surface area (Å²) < 4.78 is 30.3. The van der Waals surface area contributed by atoms with E-state index in [1.54, 1.807) is 0 Å². The van der Waals surface area contributed by atoms with Crippen LogP contribution in [-0.4, -0.2) is 69.4 Å². The Kier molecular flexibility index (Phi) is 52.9. The first-order chi connectivity index (χ1) is 36.4. The number of allylic oxidation sites excluding steroid dienone is 11. The minimum absolute atomic E-state index is 0.0287. The summed E-state index contributed by atoms with van der Waals surface area (Å²) >= 11 is 0. The van der Waals surface area contributed by atoms with Crippen LogP contribution in [0.25, 0.3) is 0 Å². The molecule has 0 fully saturated rings. The second-order valence-corrected chi connectivity index (χ2v) is 23.6. The Morgan fingerprint density at radius 1 is 0.480 bits per heavy atom. The first-order valence-corrected chi connectivity index (χ1v) is 32.7. The number of phosphoric acid groups is 1. The molecule has 0 aromatic heterocycles. The van der Waals surface area contributed by atoms with E-state index in [1.165, 1.54) is 148 Å². The Labute approximate surface area is 463 Å². The number of nitrogens with one attached hydrogen (secondary N) is 1. The van der Waals surface area contributed by atoms with Crippen molar-refractivity contribution >= 4 is 19.7 Å². The van der Waals surface area contributed by atoms with Crippen LogP contribution in [0.4, 0.5) is 0 Å². The zero-order valence-corrected chi connectivity index (χ0v) is 50.6. The summed E-state index contributed by atoms with van der Waals surface area (Å²) in [5, 5.41) is 3.01. The van der Waals surface area contributed by atoms with Gasteiger partial charge < -0.3 is 28.5 Å². The molecule has 9 nitrogen and oxygen atoms in total. The maximum Gasteiger partial charge on any atom is 0.306 e. The second-order valence-electron chi connectivity index (χ2n) is 22.2. The van der Waals surface area contributed by atoms with E-state index in [2.05, 4.69) is 86.8 Å². The molecule has 0 aliphatic carbocycles. The molecular weight excluding hydrogens is 952 g/mol. The van der Waals surface area contributed by atoms with Crippen molar-refractivity contribution in [1.82, 2.24) is 5.32 Å². The molecule has 1 N–H and O–H groups in total. The number of phosphoric ester groups is 1. The zero-order chi connectivity index (χ0) is 55.0. The molecular formula is C65H119N2O7P. The van der Waals surface area contributed by atoms with E-state index < -0.39 is 26.6 Å². The van der Waals surface area contributed by atoms with Crippen molar-refractivity contribution in [1.29, 1.82) is 0 Å². The molecule has 1 amide bonds. The van der Waals surface area contributed by atoms with Gasteiger partial charge in [0, 0.05) is 12.8 Å². The molecule has 0 rings (SSSR count). The Morgan fingerprint density at radius 2 is 0.853 bits per heavy atom. The highest BCUT2D eigenvalue weighted by Crippen LogP contribution is 2.38. The molecule has 0 spiro atoms. The van der Waals surface area contributed by atoms with E-state index in [0.717, 1.165) is 89.9 Å². The number of carbonyl (C=O) groups is 2. The summed E-state index contributed by atoms with van der Waals surface area (Å²) in [6.07, 6.45) is 70.2. The minimum Gasteiger partial charge on any atom is -0.756 e. The smallest absolute Gasteiger partial charge is 0.306 e. The van der Waals surface area contributed by atoms with Crippen LogP contribution in [0.2, 0.25) is 0 Å². The first kappa shape index (κ1) is 72.5. The summed E-state index contributed by atoms with van der Waals surface area (Å²) in [5.41, 5.74) is 0. The number of rotatable bonds is 56. The van der Waals surface area contributed by atoms with Crippen molar-refractivity contribution in [3.05, 3.63) is 72.9 Å². The van der Waals surface area contributed by atoms with E-state index in [4.69, 9.17) is 13.8 Å². The number of quaternary nitrogens is 1. The van der Waals surface area contributed by atoms with E-state index in [0.29, 0.717) is 17.4 Å². The quantitative estimate of drug-likeness (QED) is 0.0212. The fourth-order valence-electron chi connectivity index (χ4n) is 8.80. The lowest BCUT2D eigenvalue weighted by atomic mass is 10.0. The molecule has 3 atom stereocenters. The van der Waals surface area contributed by atoms with Crippen LogP contribution >= 0.6 is 7.82 Å². The molecule has 0 bridgehead atoms. The third-order valence-electron chi connectivity index (χ3n) is 13.6. The summed E-state index contributed by atoms with van der Waals surface area (Å²) in [5.74, 6) is -0.565. The lowest BCUT2D eigenvalue weighted by molar-refractivity contribution is -0.870. The molecule has 0 aromatic carbocycles. The SMILES string of the molecule is CC/C=C/C/C=C/C/C=C/CCCCCCC(=O)NC(COP(=O)([O-])OCC[N+](C)(C)C)C(/C=C\CCCCCCCCCCCC)OC(=O)CCCCCCCCCCCCCCC/C=C\C/C=C\CCCCC. The number of esters is 1. The van der Waals surface area contributed by atoms with Gasteiger partial charge in [0.1, 0.15) is 19.3 Å². The summed E-state index contributed by atoms with van der Waals surface area (Å²) in [6.45, 7) is 6.69. The van der Waals surface area contributed by atoms with Crippen LogP contribution in [-0.2, 0) is 27.9 Å². The standard InChI is InChI=1S/C65H119N2O7P/c1-7-10-13-16-19-22-25-28-30-31-32-33-34-35-36-37-38-40-43-46-49-52-55-58-65(69)74-63(56-53-50-47-44-41-27-24-21-18-15-12-9-3)62(61-73-75(70,71)72-60-59-67(4,5)6)66-64(68)57-54-51-48-45-42-39-29-26-23-20-17-14-11-8-2/h11,14,19-20,22-23,28-30,39,53,56,62-63H,7-10,12-13,15-18,21,24-27,31-38,40-52,54-55,57-61H2,1-6H3,(H-,66,68,70,71)/b14-11+,22-19-,23-20+,30-28-,39-29+,56-53-. The number of nitrogens with zero attached hydrogens (tertiary/aromatic N) is 1. The molecule has 436 valence electrons. The van der Waals surface area contributed by atoms with Crippen molar-refractivity contribution in [3.8, 4) is 0 Å². The molecule has 0 saturated carbocycles. The second kappa shape index (κ2) is 54.8. The van der Waals surface area contributed by atoms with Gasteiger partial charge in [0.25, 0.3) is 7.82 Å². The van der Waals surface area contributed by atoms with Crippen LogP contribution in [0, 0.1) is 0 Å². The predicted octanol–water partition coefficient (Wildman–Crippen LogP) is 18.6. The Hall–Kier alpha value is -2.55. The largest absolute Gasteiger partial charge is 0.756 e. The lowest BCUT2D eigenvalue weighted by Gasteiger charge is -2.30. The average Bonchev–Trinajstić information content (AvgIpc) is 3.37. The third kappa shape index (κ3) is 56.0. The summed E-state index contributed by atoms with van der Waals surface area (Å²) in [4.78, 5) is 39.9. The van der Waals surface area contributed by atoms with Gasteiger partial charge in [-0.05, 0) is 96.0 Å². The first-order valence-electron chi connectivity index (χ1n) is 31.2. The van der Waals surface area contributed by atoms with Gasteiger partial charge in [-0.15, -0.1) is 0 Å². The van der Waals surface area contributed by atoms with Crippen LogP contribution in [0.5, 0.6) is 0 Å². The molecule has 0 heterocycles. The molecule has 0 aromatic rings. The topological polar surface area (TPSA) is 114 Å². The lowest BCUT2D eigenvalue weighted by Crippen LogP contribution is -2.47. The fourth-order valence-corrected chi connectivity index (χ4v) is 9.52. The van der Waals surface area contributed by atoms with E-state index in [1.807, 2.05) is 33.3 Å². The summed E-state index contributed by atoms with van der Waals surface area (Å²) in [7, 11) is 1.17. The van der Waals surface area contributed by atoms with Gasteiger partial charge in [-0.1, -0.05) is 242 Å². The van der Waals surface area contributed by atoms with Crippen molar-refractivity contribution in [2.45, 2.75) is 290 Å². The molecule has 75 heavy (non-hydrogen) atoms. The van der Waals surface area contributed by atoms with E-state index in [-0.39, 0.29) is 31.3 Å². The number of ether oxygens (including phenoxy) is 1. The van der Waals surface area contributed by atoms with Crippen LogP contribution in [0.1, 0.15) is 278 Å². The number of hydrogen-bond donors (Lipinski definition) is 1. The van der Waals surface area contributed by atoms with Gasteiger partial charge in [-0.3, -0.25) is 14.2 Å². The zero-order valence-electron chi connectivity index (χ0n) is 49.7. The maximum atomic E-state index is 13.5. The van der Waals surface area contributed by atoms with E-state index >= 15 is 0 Å². The fraction of sp³-hybridized carbons (Fsp3) is 0.785. The van der Waals surface area contributed by atoms with Gasteiger partial charge in [0.05, 0.1) is 33.8 Å². The third-order valence-corrected chi connectivity index (χ3v) is 14.6. The van der Waals surface area contributed by atoms with Crippen molar-refractivity contribution in [2.24, 2.45) is 0 Å². The van der Waals surface area contributed by atoms with Crippen LogP contribution in [0.15, 0.2) is 72.9 Å². The Morgan fingerprint density at radius 3 is 1.31 bits per heavy atom. The van der Waals surface area contributed by atoms with Gasteiger partial charge in [0.15, 0.2) is 0 Å². The van der Waals surface area contributed by atoms with Crippen molar-refractivity contribution in [2.75, 3.05) is 40.9 Å². The predicted molar refractivity (Wildman–Crippen MR) is 321 cm³/mol. The normalized spacial score (nSPS) is 14.2. The molecule has 0 aliphatic rings. The minimum atomic E-state index is -4.70. The van der Waals surface area contributed by atoms with Gasteiger partial charge >= 0.3 is 5.97 Å². The number of unbranched alkanes of at least 4 members (excludes halogenated alkanes) is 30. The molecule has 0 saturated heterocycles. The monoisotopic (exact) mass is 1070 g/mol.